The molecule has 0 unspecified atom stereocenters. The SMILES string of the molecule is CN(C)c1c(F)cc(NC(=O)CSc2ccc(F)c(F)c2)cc1F. The summed E-state index contributed by atoms with van der Waals surface area (Å²) < 4.78 is 53.5. The minimum Gasteiger partial charge on any atom is -0.373 e. The summed E-state index contributed by atoms with van der Waals surface area (Å²) in [6, 6.07) is 5.29. The molecule has 0 spiro atoms. The van der Waals surface area contributed by atoms with Crippen LogP contribution in [0.3, 0.4) is 0 Å². The molecule has 0 fully saturated rings. The van der Waals surface area contributed by atoms with Gasteiger partial charge < -0.3 is 10.2 Å². The lowest BCUT2D eigenvalue weighted by molar-refractivity contribution is -0.113. The van der Waals surface area contributed by atoms with E-state index in [0.717, 1.165) is 36.0 Å². The lowest BCUT2D eigenvalue weighted by Crippen LogP contribution is -2.16. The van der Waals surface area contributed by atoms with Gasteiger partial charge in [-0.25, -0.2) is 17.6 Å². The standard InChI is InChI=1S/C16H14F4N2OS/c1-22(2)16-13(19)5-9(6-14(16)20)21-15(23)8-24-10-3-4-11(17)12(18)7-10/h3-7H,8H2,1-2H3,(H,21,23). The van der Waals surface area contributed by atoms with E-state index in [-0.39, 0.29) is 17.1 Å². The maximum Gasteiger partial charge on any atom is 0.234 e. The van der Waals surface area contributed by atoms with Crippen LogP contribution in [-0.2, 0) is 4.79 Å². The van der Waals surface area contributed by atoms with Crippen LogP contribution in [0, 0.1) is 23.3 Å². The first kappa shape index (κ1) is 18.1. The number of carbonyl (C=O) groups is 1. The number of thioether (sulfide) groups is 1. The molecule has 3 nitrogen and oxygen atoms in total. The maximum absolute atomic E-state index is 13.8. The summed E-state index contributed by atoms with van der Waals surface area (Å²) in [4.78, 5) is 13.5. The summed E-state index contributed by atoms with van der Waals surface area (Å²) in [5.41, 5.74) is -0.226. The van der Waals surface area contributed by atoms with Gasteiger partial charge in [-0.05, 0) is 30.3 Å². The molecule has 0 aliphatic carbocycles. The number of hydrogen-bond acceptors (Lipinski definition) is 3. The van der Waals surface area contributed by atoms with Crippen molar-refractivity contribution in [1.82, 2.24) is 0 Å². The Morgan fingerprint density at radius 3 is 2.17 bits per heavy atom. The van der Waals surface area contributed by atoms with Crippen LogP contribution in [0.25, 0.3) is 0 Å². The minimum absolute atomic E-state index is 0.0218. The van der Waals surface area contributed by atoms with Gasteiger partial charge in [0.2, 0.25) is 5.91 Å². The van der Waals surface area contributed by atoms with Gasteiger partial charge in [0.05, 0.1) is 5.75 Å². The molecule has 0 aliphatic rings. The molecule has 0 aromatic heterocycles. The molecule has 24 heavy (non-hydrogen) atoms. The van der Waals surface area contributed by atoms with Crippen LogP contribution in [-0.4, -0.2) is 25.8 Å². The fourth-order valence-corrected chi connectivity index (χ4v) is 2.70. The first-order chi connectivity index (χ1) is 11.3. The summed E-state index contributed by atoms with van der Waals surface area (Å²) in [6.45, 7) is 0. The Kier molecular flexibility index (Phi) is 5.71. The van der Waals surface area contributed by atoms with Crippen LogP contribution in [0.1, 0.15) is 0 Å². The van der Waals surface area contributed by atoms with Crippen molar-refractivity contribution in [3.05, 3.63) is 53.6 Å². The summed E-state index contributed by atoms with van der Waals surface area (Å²) in [7, 11) is 3.00. The van der Waals surface area contributed by atoms with Crippen molar-refractivity contribution in [2.24, 2.45) is 0 Å². The molecule has 0 saturated heterocycles. The maximum atomic E-state index is 13.8. The van der Waals surface area contributed by atoms with E-state index in [2.05, 4.69) is 5.32 Å². The third-order valence-corrected chi connectivity index (χ3v) is 4.00. The Labute approximate surface area is 140 Å². The minimum atomic E-state index is -1.01. The van der Waals surface area contributed by atoms with Gasteiger partial charge in [-0.15, -0.1) is 11.8 Å². The highest BCUT2D eigenvalue weighted by atomic mass is 32.2. The highest BCUT2D eigenvalue weighted by molar-refractivity contribution is 8.00. The molecule has 2 aromatic carbocycles. The number of benzene rings is 2. The molecule has 0 radical (unpaired) electrons. The second-order valence-corrected chi connectivity index (χ2v) is 6.14. The van der Waals surface area contributed by atoms with Crippen molar-refractivity contribution in [2.45, 2.75) is 4.90 Å². The first-order valence-corrected chi connectivity index (χ1v) is 7.80. The van der Waals surface area contributed by atoms with E-state index in [4.69, 9.17) is 0 Å². The average Bonchev–Trinajstić information content (AvgIpc) is 2.47. The molecule has 0 heterocycles. The Bertz CT molecular complexity index is 745. The number of nitrogens with one attached hydrogen (secondary N) is 1. The molecule has 8 heteroatoms. The second-order valence-electron chi connectivity index (χ2n) is 5.10. The number of halogens is 4. The molecule has 0 atom stereocenters. The quantitative estimate of drug-likeness (QED) is 0.647. The van der Waals surface area contributed by atoms with Gasteiger partial charge in [-0.3, -0.25) is 4.79 Å². The first-order valence-electron chi connectivity index (χ1n) is 6.82. The van der Waals surface area contributed by atoms with Gasteiger partial charge in [0.1, 0.15) is 5.69 Å². The van der Waals surface area contributed by atoms with Gasteiger partial charge >= 0.3 is 0 Å². The summed E-state index contributed by atoms with van der Waals surface area (Å²) in [6.07, 6.45) is 0. The van der Waals surface area contributed by atoms with Gasteiger partial charge in [0.15, 0.2) is 23.3 Å². The van der Waals surface area contributed by atoms with E-state index in [1.807, 2.05) is 0 Å². The normalized spacial score (nSPS) is 10.6. The molecular formula is C16H14F4N2OS. The topological polar surface area (TPSA) is 32.3 Å². The van der Waals surface area contributed by atoms with Crippen LogP contribution < -0.4 is 10.2 Å². The van der Waals surface area contributed by atoms with Crippen molar-refractivity contribution in [3.63, 3.8) is 0 Å². The fourth-order valence-electron chi connectivity index (χ4n) is 1.98. The molecule has 2 aromatic rings. The summed E-state index contributed by atoms with van der Waals surface area (Å²) >= 11 is 0.973. The summed E-state index contributed by atoms with van der Waals surface area (Å²) in [5.74, 6) is -4.24. The number of amides is 1. The van der Waals surface area contributed by atoms with Crippen LogP contribution in [0.5, 0.6) is 0 Å². The average molecular weight is 358 g/mol. The van der Waals surface area contributed by atoms with Crippen molar-refractivity contribution in [2.75, 3.05) is 30.1 Å². The zero-order chi connectivity index (χ0) is 17.9. The number of nitrogens with zero attached hydrogens (tertiary/aromatic N) is 1. The smallest absolute Gasteiger partial charge is 0.234 e. The zero-order valence-electron chi connectivity index (χ0n) is 12.9. The molecule has 0 saturated carbocycles. The monoisotopic (exact) mass is 358 g/mol. The zero-order valence-corrected chi connectivity index (χ0v) is 13.7. The number of hydrogen-bond donors (Lipinski definition) is 1. The third-order valence-electron chi connectivity index (χ3n) is 3.01. The predicted molar refractivity (Wildman–Crippen MR) is 86.4 cm³/mol. The van der Waals surface area contributed by atoms with Crippen LogP contribution in [0.2, 0.25) is 0 Å². The molecule has 1 N–H and O–H groups in total. The molecular weight excluding hydrogens is 344 g/mol. The van der Waals surface area contributed by atoms with Crippen LogP contribution in [0.15, 0.2) is 35.2 Å². The Hall–Kier alpha value is -2.22. The highest BCUT2D eigenvalue weighted by Gasteiger charge is 2.14. The second kappa shape index (κ2) is 7.57. The predicted octanol–water partition coefficient (Wildman–Crippen LogP) is 4.04. The Morgan fingerprint density at radius 2 is 1.62 bits per heavy atom. The van der Waals surface area contributed by atoms with Crippen LogP contribution in [0.4, 0.5) is 28.9 Å². The molecule has 128 valence electrons. The van der Waals surface area contributed by atoms with E-state index < -0.39 is 29.2 Å². The summed E-state index contributed by atoms with van der Waals surface area (Å²) in [5, 5.41) is 2.36. The van der Waals surface area contributed by atoms with Gasteiger partial charge in [0, 0.05) is 24.7 Å². The van der Waals surface area contributed by atoms with E-state index in [9.17, 15) is 22.4 Å². The molecule has 2 rings (SSSR count). The molecule has 0 bridgehead atoms. The molecule has 0 aliphatic heterocycles. The van der Waals surface area contributed by atoms with Crippen molar-refractivity contribution in [1.29, 1.82) is 0 Å². The van der Waals surface area contributed by atoms with Crippen molar-refractivity contribution >= 4 is 29.0 Å². The third kappa shape index (κ3) is 4.41. The van der Waals surface area contributed by atoms with E-state index >= 15 is 0 Å². The van der Waals surface area contributed by atoms with E-state index in [1.165, 1.54) is 25.1 Å². The van der Waals surface area contributed by atoms with Gasteiger partial charge in [-0.1, -0.05) is 0 Å². The van der Waals surface area contributed by atoms with Crippen LogP contribution >= 0.6 is 11.8 Å². The van der Waals surface area contributed by atoms with E-state index in [0.29, 0.717) is 4.90 Å². The number of anilines is 2. The number of rotatable bonds is 5. The van der Waals surface area contributed by atoms with Gasteiger partial charge in [0.25, 0.3) is 0 Å². The molecule has 1 amide bonds. The largest absolute Gasteiger partial charge is 0.373 e. The Morgan fingerprint density at radius 1 is 1.00 bits per heavy atom. The fraction of sp³-hybridized carbons (Fsp3) is 0.188. The lowest BCUT2D eigenvalue weighted by atomic mass is 10.2. The Balaban J connectivity index is 2.01. The highest BCUT2D eigenvalue weighted by Crippen LogP contribution is 2.26. The van der Waals surface area contributed by atoms with E-state index in [1.54, 1.807) is 0 Å². The number of carbonyl (C=O) groups excluding carboxylic acids is 1. The van der Waals surface area contributed by atoms with Crippen molar-refractivity contribution in [3.8, 4) is 0 Å². The lowest BCUT2D eigenvalue weighted by Gasteiger charge is -2.15. The van der Waals surface area contributed by atoms with Crippen molar-refractivity contribution < 1.29 is 22.4 Å². The van der Waals surface area contributed by atoms with Gasteiger partial charge in [-0.2, -0.15) is 0 Å².